The van der Waals surface area contributed by atoms with Gasteiger partial charge in [0, 0.05) is 38.4 Å². The van der Waals surface area contributed by atoms with Crippen molar-refractivity contribution in [2.75, 3.05) is 32.1 Å². The molecule has 0 N–H and O–H groups in total. The molecular formula is C15H23N7. The highest BCUT2D eigenvalue weighted by Crippen LogP contribution is 2.27. The minimum atomic E-state index is 0.381. The SMILES string of the molecule is CN(C)Cc1nnc(C2CCCN(c3ncccn3)C2)n1C. The van der Waals surface area contributed by atoms with Crippen LogP contribution in [0.15, 0.2) is 18.5 Å². The van der Waals surface area contributed by atoms with E-state index in [0.717, 1.165) is 50.1 Å². The summed E-state index contributed by atoms with van der Waals surface area (Å²) in [5.74, 6) is 3.26. The lowest BCUT2D eigenvalue weighted by atomic mass is 9.97. The average Bonchev–Trinajstić information content (AvgIpc) is 2.89. The quantitative estimate of drug-likeness (QED) is 0.841. The van der Waals surface area contributed by atoms with Gasteiger partial charge in [0.2, 0.25) is 5.95 Å². The molecule has 3 heterocycles. The lowest BCUT2D eigenvalue weighted by Gasteiger charge is -2.32. The van der Waals surface area contributed by atoms with Crippen molar-refractivity contribution < 1.29 is 0 Å². The van der Waals surface area contributed by atoms with E-state index in [1.54, 1.807) is 12.4 Å². The van der Waals surface area contributed by atoms with E-state index < -0.39 is 0 Å². The monoisotopic (exact) mass is 301 g/mol. The number of nitrogens with zero attached hydrogens (tertiary/aromatic N) is 7. The maximum Gasteiger partial charge on any atom is 0.225 e. The number of anilines is 1. The minimum absolute atomic E-state index is 0.381. The van der Waals surface area contributed by atoms with E-state index in [2.05, 4.69) is 41.6 Å². The van der Waals surface area contributed by atoms with Crippen LogP contribution in [0.5, 0.6) is 0 Å². The molecule has 1 unspecified atom stereocenters. The molecule has 0 amide bonds. The van der Waals surface area contributed by atoms with Crippen molar-refractivity contribution in [1.82, 2.24) is 29.6 Å². The molecule has 1 aliphatic heterocycles. The Kier molecular flexibility index (Phi) is 4.33. The van der Waals surface area contributed by atoms with Gasteiger partial charge in [-0.1, -0.05) is 0 Å². The first kappa shape index (κ1) is 14.9. The zero-order chi connectivity index (χ0) is 15.5. The Morgan fingerprint density at radius 3 is 2.73 bits per heavy atom. The molecule has 7 nitrogen and oxygen atoms in total. The average molecular weight is 301 g/mol. The lowest BCUT2D eigenvalue weighted by Crippen LogP contribution is -2.36. The fraction of sp³-hybridized carbons (Fsp3) is 0.600. The number of hydrogen-bond acceptors (Lipinski definition) is 6. The van der Waals surface area contributed by atoms with E-state index in [4.69, 9.17) is 0 Å². The topological polar surface area (TPSA) is 63.0 Å². The van der Waals surface area contributed by atoms with E-state index in [0.29, 0.717) is 5.92 Å². The van der Waals surface area contributed by atoms with Crippen molar-refractivity contribution >= 4 is 5.95 Å². The summed E-state index contributed by atoms with van der Waals surface area (Å²) in [4.78, 5) is 13.1. The molecular weight excluding hydrogens is 278 g/mol. The number of aromatic nitrogens is 5. The summed E-state index contributed by atoms with van der Waals surface area (Å²) in [5, 5.41) is 8.79. The van der Waals surface area contributed by atoms with Crippen LogP contribution in [0.3, 0.4) is 0 Å². The van der Waals surface area contributed by atoms with E-state index in [1.165, 1.54) is 0 Å². The molecule has 1 saturated heterocycles. The molecule has 1 atom stereocenters. The van der Waals surface area contributed by atoms with Crippen molar-refractivity contribution in [2.24, 2.45) is 7.05 Å². The Morgan fingerprint density at radius 1 is 1.23 bits per heavy atom. The first-order valence-corrected chi connectivity index (χ1v) is 7.70. The van der Waals surface area contributed by atoms with Crippen LogP contribution in [0, 0.1) is 0 Å². The van der Waals surface area contributed by atoms with Gasteiger partial charge >= 0.3 is 0 Å². The first-order chi connectivity index (χ1) is 10.6. The molecule has 0 spiro atoms. The largest absolute Gasteiger partial charge is 0.340 e. The van der Waals surface area contributed by atoms with Crippen molar-refractivity contribution in [3.8, 4) is 0 Å². The van der Waals surface area contributed by atoms with E-state index in [-0.39, 0.29) is 0 Å². The molecule has 0 aliphatic carbocycles. The second kappa shape index (κ2) is 6.39. The summed E-state index contributed by atoms with van der Waals surface area (Å²) < 4.78 is 2.14. The molecule has 118 valence electrons. The number of piperidine rings is 1. The van der Waals surface area contributed by atoms with Crippen LogP contribution in [0.1, 0.15) is 30.4 Å². The second-order valence-electron chi connectivity index (χ2n) is 6.11. The third-order valence-electron chi connectivity index (χ3n) is 4.08. The highest BCUT2D eigenvalue weighted by atomic mass is 15.3. The van der Waals surface area contributed by atoms with Gasteiger partial charge in [-0.3, -0.25) is 0 Å². The Morgan fingerprint density at radius 2 is 2.00 bits per heavy atom. The Hall–Kier alpha value is -2.02. The van der Waals surface area contributed by atoms with Gasteiger partial charge < -0.3 is 14.4 Å². The van der Waals surface area contributed by atoms with Crippen LogP contribution in [-0.4, -0.2) is 56.8 Å². The fourth-order valence-electron chi connectivity index (χ4n) is 2.98. The zero-order valence-corrected chi connectivity index (χ0v) is 13.5. The van der Waals surface area contributed by atoms with Gasteiger partial charge in [-0.25, -0.2) is 9.97 Å². The fourth-order valence-corrected chi connectivity index (χ4v) is 2.98. The van der Waals surface area contributed by atoms with Crippen molar-refractivity contribution in [2.45, 2.75) is 25.3 Å². The van der Waals surface area contributed by atoms with Gasteiger partial charge in [-0.15, -0.1) is 10.2 Å². The Bertz CT molecular complexity index is 608. The van der Waals surface area contributed by atoms with E-state index in [9.17, 15) is 0 Å². The normalized spacial score (nSPS) is 18.9. The smallest absolute Gasteiger partial charge is 0.225 e. The molecule has 0 saturated carbocycles. The highest BCUT2D eigenvalue weighted by molar-refractivity contribution is 5.30. The number of rotatable bonds is 4. The number of hydrogen-bond donors (Lipinski definition) is 0. The van der Waals surface area contributed by atoms with Gasteiger partial charge in [-0.05, 0) is 33.0 Å². The molecule has 2 aromatic rings. The molecule has 0 aromatic carbocycles. The summed E-state index contributed by atoms with van der Waals surface area (Å²) in [7, 11) is 6.15. The Labute approximate surface area is 131 Å². The van der Waals surface area contributed by atoms with Gasteiger partial charge in [0.15, 0.2) is 0 Å². The molecule has 1 aliphatic rings. The molecule has 7 heteroatoms. The molecule has 22 heavy (non-hydrogen) atoms. The van der Waals surface area contributed by atoms with E-state index in [1.807, 2.05) is 20.2 Å². The van der Waals surface area contributed by atoms with Gasteiger partial charge in [0.05, 0.1) is 6.54 Å². The molecule has 2 aromatic heterocycles. The van der Waals surface area contributed by atoms with Gasteiger partial charge in [0.1, 0.15) is 11.6 Å². The van der Waals surface area contributed by atoms with Crippen LogP contribution in [-0.2, 0) is 13.6 Å². The predicted octanol–water partition coefficient (Wildman–Crippen LogP) is 1.05. The standard InChI is InChI=1S/C15H23N7/c1-20(2)11-13-18-19-14(21(13)3)12-6-4-9-22(10-12)15-16-7-5-8-17-15/h5,7-8,12H,4,6,9-11H2,1-3H3. The van der Waals surface area contributed by atoms with Gasteiger partial charge in [0.25, 0.3) is 0 Å². The van der Waals surface area contributed by atoms with Crippen molar-refractivity contribution in [3.63, 3.8) is 0 Å². The lowest BCUT2D eigenvalue weighted by molar-refractivity contribution is 0.382. The van der Waals surface area contributed by atoms with Crippen molar-refractivity contribution in [3.05, 3.63) is 30.1 Å². The second-order valence-corrected chi connectivity index (χ2v) is 6.11. The first-order valence-electron chi connectivity index (χ1n) is 7.70. The maximum atomic E-state index is 4.44. The van der Waals surface area contributed by atoms with Crippen LogP contribution >= 0.6 is 0 Å². The van der Waals surface area contributed by atoms with Crippen molar-refractivity contribution in [1.29, 1.82) is 0 Å². The van der Waals surface area contributed by atoms with Gasteiger partial charge in [-0.2, -0.15) is 0 Å². The predicted molar refractivity (Wildman–Crippen MR) is 84.6 cm³/mol. The molecule has 0 radical (unpaired) electrons. The zero-order valence-electron chi connectivity index (χ0n) is 13.5. The minimum Gasteiger partial charge on any atom is -0.340 e. The summed E-state index contributed by atoms with van der Waals surface area (Å²) in [6, 6.07) is 1.85. The van der Waals surface area contributed by atoms with Crippen LogP contribution in [0.4, 0.5) is 5.95 Å². The summed E-state index contributed by atoms with van der Waals surface area (Å²) >= 11 is 0. The summed E-state index contributed by atoms with van der Waals surface area (Å²) in [6.45, 7) is 2.71. The Balaban J connectivity index is 1.76. The van der Waals surface area contributed by atoms with Crippen LogP contribution in [0.2, 0.25) is 0 Å². The highest BCUT2D eigenvalue weighted by Gasteiger charge is 2.27. The molecule has 1 fully saturated rings. The van der Waals surface area contributed by atoms with E-state index >= 15 is 0 Å². The van der Waals surface area contributed by atoms with Crippen LogP contribution in [0.25, 0.3) is 0 Å². The third kappa shape index (κ3) is 3.09. The maximum absolute atomic E-state index is 4.44. The third-order valence-corrected chi connectivity index (χ3v) is 4.08. The molecule has 3 rings (SSSR count). The summed E-state index contributed by atoms with van der Waals surface area (Å²) in [5.41, 5.74) is 0. The summed E-state index contributed by atoms with van der Waals surface area (Å²) in [6.07, 6.45) is 5.85. The molecule has 0 bridgehead atoms. The van der Waals surface area contributed by atoms with Crippen LogP contribution < -0.4 is 4.90 Å².